The van der Waals surface area contributed by atoms with E-state index < -0.39 is 6.23 Å². The second-order valence-electron chi connectivity index (χ2n) is 3.15. The molecule has 0 aliphatic heterocycles. The number of nitrogens with one attached hydrogen (secondary N) is 2. The largest absolute Gasteiger partial charge is 0.369 e. The van der Waals surface area contributed by atoms with Crippen molar-refractivity contribution in [1.82, 2.24) is 10.2 Å². The monoisotopic (exact) mass is 257 g/mol. The number of hydrogen-bond donors (Lipinski definition) is 3. The summed E-state index contributed by atoms with van der Waals surface area (Å²) in [6.07, 6.45) is 0.588. The fourth-order valence-electron chi connectivity index (χ4n) is 1.33. The molecule has 6 heteroatoms. The summed E-state index contributed by atoms with van der Waals surface area (Å²) in [5.74, 6) is 0.587. The van der Waals surface area contributed by atoms with Crippen LogP contribution in [0.2, 0.25) is 10.0 Å². The molecule has 0 aliphatic carbocycles. The lowest BCUT2D eigenvalue weighted by Crippen LogP contribution is -2.11. The van der Waals surface area contributed by atoms with Gasteiger partial charge in [0.05, 0.1) is 6.20 Å². The van der Waals surface area contributed by atoms with Gasteiger partial charge in [-0.25, -0.2) is 0 Å². The first-order valence-corrected chi connectivity index (χ1v) is 5.32. The maximum atomic E-state index is 9.93. The molecule has 0 saturated heterocycles. The number of aromatic nitrogens is 2. The molecule has 0 saturated carbocycles. The molecular formula is C10H9Cl2N3O. The summed E-state index contributed by atoms with van der Waals surface area (Å²) in [5.41, 5.74) is 0.445. The number of aliphatic hydroxyl groups is 1. The topological polar surface area (TPSA) is 60.9 Å². The first-order valence-electron chi connectivity index (χ1n) is 4.56. The molecule has 1 heterocycles. The summed E-state index contributed by atoms with van der Waals surface area (Å²) in [4.78, 5) is 0. The molecule has 3 N–H and O–H groups in total. The zero-order valence-electron chi connectivity index (χ0n) is 8.11. The van der Waals surface area contributed by atoms with Crippen molar-refractivity contribution in [3.63, 3.8) is 0 Å². The molecule has 16 heavy (non-hydrogen) atoms. The van der Waals surface area contributed by atoms with Gasteiger partial charge in [0.1, 0.15) is 5.82 Å². The Morgan fingerprint density at radius 3 is 2.50 bits per heavy atom. The third-order valence-electron chi connectivity index (χ3n) is 2.07. The first-order chi connectivity index (χ1) is 7.68. The molecule has 0 radical (unpaired) electrons. The van der Waals surface area contributed by atoms with Crippen LogP contribution in [0.15, 0.2) is 30.5 Å². The van der Waals surface area contributed by atoms with E-state index >= 15 is 0 Å². The summed E-state index contributed by atoms with van der Waals surface area (Å²) < 4.78 is 0. The lowest BCUT2D eigenvalue weighted by Gasteiger charge is -2.15. The first kappa shape index (κ1) is 11.3. The lowest BCUT2D eigenvalue weighted by atomic mass is 10.2. The van der Waals surface area contributed by atoms with Gasteiger partial charge in [0, 0.05) is 21.7 Å². The second kappa shape index (κ2) is 4.74. The molecule has 1 aromatic heterocycles. The van der Waals surface area contributed by atoms with Gasteiger partial charge in [0.25, 0.3) is 0 Å². The number of rotatable bonds is 3. The van der Waals surface area contributed by atoms with Gasteiger partial charge in [-0.2, -0.15) is 5.10 Å². The summed E-state index contributed by atoms with van der Waals surface area (Å²) in [5, 5.41) is 20.0. The summed E-state index contributed by atoms with van der Waals surface area (Å²) in [6.45, 7) is 0. The van der Waals surface area contributed by atoms with Crippen molar-refractivity contribution in [3.8, 4) is 0 Å². The van der Waals surface area contributed by atoms with Crippen molar-refractivity contribution in [1.29, 1.82) is 0 Å². The zero-order chi connectivity index (χ0) is 11.5. The molecule has 84 valence electrons. The van der Waals surface area contributed by atoms with E-state index in [9.17, 15) is 5.11 Å². The Kier molecular flexibility index (Phi) is 3.33. The van der Waals surface area contributed by atoms with E-state index in [4.69, 9.17) is 23.2 Å². The highest BCUT2D eigenvalue weighted by atomic mass is 35.5. The van der Waals surface area contributed by atoms with Crippen LogP contribution in [0.25, 0.3) is 0 Å². The maximum absolute atomic E-state index is 9.93. The third kappa shape index (κ3) is 2.29. The van der Waals surface area contributed by atoms with Gasteiger partial charge < -0.3 is 10.4 Å². The van der Waals surface area contributed by atoms with Gasteiger partial charge in [-0.05, 0) is 12.1 Å². The van der Waals surface area contributed by atoms with Gasteiger partial charge in [-0.3, -0.25) is 5.10 Å². The fraction of sp³-hybridized carbons (Fsp3) is 0.100. The van der Waals surface area contributed by atoms with Crippen LogP contribution in [-0.4, -0.2) is 15.3 Å². The molecule has 4 nitrogen and oxygen atoms in total. The Bertz CT molecular complexity index is 453. The molecule has 2 rings (SSSR count). The van der Waals surface area contributed by atoms with E-state index in [0.29, 0.717) is 21.4 Å². The highest BCUT2D eigenvalue weighted by Crippen LogP contribution is 2.30. The molecule has 0 aliphatic rings. The van der Waals surface area contributed by atoms with Crippen molar-refractivity contribution in [2.75, 3.05) is 5.32 Å². The SMILES string of the molecule is OC(Nc1ccn[nH]1)c1c(Cl)cccc1Cl. The van der Waals surface area contributed by atoms with Gasteiger partial charge in [-0.15, -0.1) is 0 Å². The van der Waals surface area contributed by atoms with E-state index in [-0.39, 0.29) is 0 Å². The Balaban J connectivity index is 2.24. The van der Waals surface area contributed by atoms with E-state index in [0.717, 1.165) is 0 Å². The van der Waals surface area contributed by atoms with Gasteiger partial charge in [-0.1, -0.05) is 29.3 Å². The predicted molar refractivity (Wildman–Crippen MR) is 63.6 cm³/mol. The van der Waals surface area contributed by atoms with E-state index in [1.165, 1.54) is 0 Å². The van der Waals surface area contributed by atoms with Crippen LogP contribution in [0, 0.1) is 0 Å². The van der Waals surface area contributed by atoms with Crippen LogP contribution in [0.5, 0.6) is 0 Å². The molecule has 0 bridgehead atoms. The van der Waals surface area contributed by atoms with Crippen molar-refractivity contribution < 1.29 is 5.11 Å². The van der Waals surface area contributed by atoms with Gasteiger partial charge in [0.15, 0.2) is 6.23 Å². The molecule has 1 unspecified atom stereocenters. The highest BCUT2D eigenvalue weighted by molar-refractivity contribution is 6.36. The minimum Gasteiger partial charge on any atom is -0.369 e. The number of aromatic amines is 1. The Morgan fingerprint density at radius 2 is 1.94 bits per heavy atom. The third-order valence-corrected chi connectivity index (χ3v) is 2.73. The average molecular weight is 258 g/mol. The van der Waals surface area contributed by atoms with Crippen LogP contribution in [0.4, 0.5) is 5.82 Å². The van der Waals surface area contributed by atoms with Crippen molar-refractivity contribution >= 4 is 29.0 Å². The van der Waals surface area contributed by atoms with Crippen LogP contribution in [0.1, 0.15) is 11.8 Å². The normalized spacial score (nSPS) is 12.4. The van der Waals surface area contributed by atoms with Crippen molar-refractivity contribution in [3.05, 3.63) is 46.1 Å². The minimum atomic E-state index is -0.985. The number of H-pyrrole nitrogens is 1. The van der Waals surface area contributed by atoms with Crippen LogP contribution in [-0.2, 0) is 0 Å². The average Bonchev–Trinajstić information content (AvgIpc) is 2.70. The smallest absolute Gasteiger partial charge is 0.154 e. The van der Waals surface area contributed by atoms with Crippen LogP contribution >= 0.6 is 23.2 Å². The number of halogens is 2. The molecular weight excluding hydrogens is 249 g/mol. The Hall–Kier alpha value is -1.23. The highest BCUT2D eigenvalue weighted by Gasteiger charge is 2.15. The van der Waals surface area contributed by atoms with E-state index in [1.54, 1.807) is 30.5 Å². The van der Waals surface area contributed by atoms with Gasteiger partial charge in [0.2, 0.25) is 0 Å². The summed E-state index contributed by atoms with van der Waals surface area (Å²) in [7, 11) is 0. The van der Waals surface area contributed by atoms with Crippen LogP contribution < -0.4 is 5.32 Å². The van der Waals surface area contributed by atoms with Crippen LogP contribution in [0.3, 0.4) is 0 Å². The van der Waals surface area contributed by atoms with E-state index in [2.05, 4.69) is 15.5 Å². The van der Waals surface area contributed by atoms with E-state index in [1.807, 2.05) is 0 Å². The Labute approximate surface area is 102 Å². The minimum absolute atomic E-state index is 0.409. The molecule has 1 atom stereocenters. The zero-order valence-corrected chi connectivity index (χ0v) is 9.63. The second-order valence-corrected chi connectivity index (χ2v) is 3.97. The molecule has 0 spiro atoms. The number of nitrogens with zero attached hydrogens (tertiary/aromatic N) is 1. The quantitative estimate of drug-likeness (QED) is 0.742. The predicted octanol–water partition coefficient (Wildman–Crippen LogP) is 2.82. The number of anilines is 1. The molecule has 0 amide bonds. The molecule has 0 fully saturated rings. The van der Waals surface area contributed by atoms with Gasteiger partial charge >= 0.3 is 0 Å². The van der Waals surface area contributed by atoms with Crippen molar-refractivity contribution in [2.45, 2.75) is 6.23 Å². The number of benzene rings is 1. The summed E-state index contributed by atoms with van der Waals surface area (Å²) >= 11 is 11.9. The van der Waals surface area contributed by atoms with Crippen molar-refractivity contribution in [2.24, 2.45) is 0 Å². The lowest BCUT2D eigenvalue weighted by molar-refractivity contribution is 0.208. The fourth-order valence-corrected chi connectivity index (χ4v) is 1.93. The molecule has 1 aromatic carbocycles. The maximum Gasteiger partial charge on any atom is 0.154 e. The standard InChI is InChI=1S/C10H9Cl2N3O/c11-6-2-1-3-7(12)9(6)10(16)14-8-4-5-13-15-8/h1-5,10,16H,(H2,13,14,15). The summed E-state index contributed by atoms with van der Waals surface area (Å²) in [6, 6.07) is 6.74. The number of aliphatic hydroxyl groups excluding tert-OH is 1. The Morgan fingerprint density at radius 1 is 1.25 bits per heavy atom. The number of hydrogen-bond acceptors (Lipinski definition) is 3. The molecule has 2 aromatic rings.